The Labute approximate surface area is 165 Å². The molecule has 0 bridgehead atoms. The number of likely N-dealkylation sites (N-methyl/N-ethyl adjacent to an activating group) is 1. The Morgan fingerprint density at radius 2 is 2.00 bits per heavy atom. The fourth-order valence-corrected chi connectivity index (χ4v) is 3.69. The molecule has 0 radical (unpaired) electrons. The molecule has 0 saturated carbocycles. The number of nitrogens with zero attached hydrogens (tertiary/aromatic N) is 4. The number of pyridine rings is 1. The molecule has 1 fully saturated rings. The van der Waals surface area contributed by atoms with Gasteiger partial charge in [0.25, 0.3) is 0 Å². The van der Waals surface area contributed by atoms with Gasteiger partial charge in [-0.1, -0.05) is 0 Å². The van der Waals surface area contributed by atoms with E-state index in [1.807, 2.05) is 7.05 Å². The molecule has 0 spiro atoms. The molecule has 1 atom stereocenters. The molecular formula is C20H20F3N5O. The topological polar surface area (TPSA) is 74.2 Å². The molecule has 1 aliphatic heterocycles. The zero-order valence-electron chi connectivity index (χ0n) is 15.7. The van der Waals surface area contributed by atoms with Crippen LogP contribution in [0.5, 0.6) is 5.75 Å². The summed E-state index contributed by atoms with van der Waals surface area (Å²) < 4.78 is 38.7. The smallest absolute Gasteiger partial charge is 0.416 e. The number of phenols is 1. The lowest BCUT2D eigenvalue weighted by atomic mass is 10.0. The number of hydrogen-bond acceptors (Lipinski definition) is 6. The third-order valence-electron chi connectivity index (χ3n) is 5.29. The normalized spacial score (nSPS) is 17.4. The van der Waals surface area contributed by atoms with Crippen LogP contribution in [0, 0.1) is 0 Å². The number of nitrogens with one attached hydrogen (secondary N) is 1. The first-order chi connectivity index (χ1) is 13.9. The van der Waals surface area contributed by atoms with Crippen molar-refractivity contribution in [3.8, 4) is 17.0 Å². The number of fused-ring (bicyclic) bond motifs is 1. The van der Waals surface area contributed by atoms with Gasteiger partial charge in [-0.2, -0.15) is 13.2 Å². The number of halogens is 3. The number of benzene rings is 1. The van der Waals surface area contributed by atoms with E-state index in [1.165, 1.54) is 6.07 Å². The third-order valence-corrected chi connectivity index (χ3v) is 5.29. The molecule has 152 valence electrons. The highest BCUT2D eigenvalue weighted by atomic mass is 19.4. The summed E-state index contributed by atoms with van der Waals surface area (Å²) in [5, 5.41) is 23.6. The van der Waals surface area contributed by atoms with E-state index in [-0.39, 0.29) is 11.6 Å². The molecule has 2 N–H and O–H groups in total. The zero-order chi connectivity index (χ0) is 20.6. The van der Waals surface area contributed by atoms with Crippen molar-refractivity contribution < 1.29 is 18.3 Å². The van der Waals surface area contributed by atoms with Gasteiger partial charge in [0, 0.05) is 48.4 Å². The second-order valence-electron chi connectivity index (χ2n) is 7.13. The molecule has 9 heteroatoms. The van der Waals surface area contributed by atoms with Gasteiger partial charge in [-0.05, 0) is 43.7 Å². The van der Waals surface area contributed by atoms with Gasteiger partial charge in [0.15, 0.2) is 5.82 Å². The van der Waals surface area contributed by atoms with E-state index in [2.05, 4.69) is 25.4 Å². The average molecular weight is 403 g/mol. The van der Waals surface area contributed by atoms with Crippen LogP contribution < -0.4 is 10.2 Å². The fourth-order valence-electron chi connectivity index (χ4n) is 3.69. The summed E-state index contributed by atoms with van der Waals surface area (Å²) in [4.78, 5) is 6.24. The highest BCUT2D eigenvalue weighted by molar-refractivity contribution is 6.00. The quantitative estimate of drug-likeness (QED) is 0.696. The molecule has 3 aromatic rings. The summed E-state index contributed by atoms with van der Waals surface area (Å²) in [5.41, 5.74) is -0.415. The molecule has 1 saturated heterocycles. The standard InChI is InChI=1S/C20H20F3N5O/c1-28(13-3-2-7-24-10-13)19-16-11-25-8-6-14(16)18(26-27-19)15-5-4-12(9-17(15)29)20(21,22)23/h4-6,8-9,11,13,24,29H,2-3,7,10H2,1H3/t13-/m1/s1. The van der Waals surface area contributed by atoms with E-state index >= 15 is 0 Å². The maximum Gasteiger partial charge on any atom is 0.416 e. The van der Waals surface area contributed by atoms with E-state index in [0.29, 0.717) is 23.0 Å². The predicted octanol–water partition coefficient (Wildman–Crippen LogP) is 3.60. The first kappa shape index (κ1) is 19.4. The molecule has 4 rings (SSSR count). The van der Waals surface area contributed by atoms with E-state index in [9.17, 15) is 18.3 Å². The van der Waals surface area contributed by atoms with Crippen molar-refractivity contribution >= 4 is 16.6 Å². The fraction of sp³-hybridized carbons (Fsp3) is 0.350. The Balaban J connectivity index is 1.80. The van der Waals surface area contributed by atoms with E-state index in [4.69, 9.17) is 0 Å². The number of phenolic OH excluding ortho intramolecular Hbond substituents is 1. The Hall–Kier alpha value is -2.94. The van der Waals surface area contributed by atoms with Crippen molar-refractivity contribution in [2.45, 2.75) is 25.1 Å². The molecular weight excluding hydrogens is 383 g/mol. The van der Waals surface area contributed by atoms with Crippen LogP contribution in [-0.4, -0.2) is 46.5 Å². The van der Waals surface area contributed by atoms with Gasteiger partial charge in [0.2, 0.25) is 0 Å². The van der Waals surface area contributed by atoms with E-state index in [1.54, 1.807) is 18.5 Å². The van der Waals surface area contributed by atoms with Gasteiger partial charge in [0.05, 0.1) is 5.56 Å². The molecule has 29 heavy (non-hydrogen) atoms. The van der Waals surface area contributed by atoms with Crippen LogP contribution in [0.4, 0.5) is 19.0 Å². The number of anilines is 1. The molecule has 0 unspecified atom stereocenters. The summed E-state index contributed by atoms with van der Waals surface area (Å²) >= 11 is 0. The van der Waals surface area contributed by atoms with Gasteiger partial charge in [-0.25, -0.2) is 0 Å². The second-order valence-corrected chi connectivity index (χ2v) is 7.13. The van der Waals surface area contributed by atoms with Gasteiger partial charge in [-0.3, -0.25) is 4.98 Å². The Morgan fingerprint density at radius 3 is 2.69 bits per heavy atom. The number of aromatic hydroxyl groups is 1. The van der Waals surface area contributed by atoms with Gasteiger partial charge in [-0.15, -0.1) is 10.2 Å². The minimum Gasteiger partial charge on any atom is -0.507 e. The lowest BCUT2D eigenvalue weighted by Crippen LogP contribution is -2.44. The summed E-state index contributed by atoms with van der Waals surface area (Å²) in [6.07, 6.45) is 0.802. The van der Waals surface area contributed by atoms with Crippen molar-refractivity contribution in [3.05, 3.63) is 42.2 Å². The molecule has 0 amide bonds. The Kier molecular flexibility index (Phi) is 4.99. The van der Waals surface area contributed by atoms with Crippen LogP contribution in [-0.2, 0) is 6.18 Å². The first-order valence-electron chi connectivity index (χ1n) is 9.31. The van der Waals surface area contributed by atoms with Crippen molar-refractivity contribution in [3.63, 3.8) is 0 Å². The van der Waals surface area contributed by atoms with Crippen LogP contribution in [0.25, 0.3) is 22.0 Å². The van der Waals surface area contributed by atoms with Crippen molar-refractivity contribution in [1.29, 1.82) is 0 Å². The molecule has 6 nitrogen and oxygen atoms in total. The van der Waals surface area contributed by atoms with Crippen molar-refractivity contribution in [2.75, 3.05) is 25.0 Å². The first-order valence-corrected chi connectivity index (χ1v) is 9.31. The minimum atomic E-state index is -4.53. The van der Waals surface area contributed by atoms with Crippen LogP contribution in [0.15, 0.2) is 36.7 Å². The second kappa shape index (κ2) is 7.47. The molecule has 1 aliphatic rings. The number of alkyl halides is 3. The molecule has 1 aromatic carbocycles. The van der Waals surface area contributed by atoms with Gasteiger partial charge < -0.3 is 15.3 Å². The van der Waals surface area contributed by atoms with Crippen LogP contribution in [0.2, 0.25) is 0 Å². The number of rotatable bonds is 3. The lowest BCUT2D eigenvalue weighted by Gasteiger charge is -2.32. The van der Waals surface area contributed by atoms with Gasteiger partial charge >= 0.3 is 6.18 Å². The molecule has 2 aromatic heterocycles. The largest absolute Gasteiger partial charge is 0.507 e. The maximum atomic E-state index is 12.9. The maximum absolute atomic E-state index is 12.9. The monoisotopic (exact) mass is 403 g/mol. The number of aromatic nitrogens is 3. The van der Waals surface area contributed by atoms with Crippen LogP contribution in [0.3, 0.4) is 0 Å². The SMILES string of the molecule is CN(c1nnc(-c2ccc(C(F)(F)F)cc2O)c2ccncc12)[C@@H]1CCCNC1. The van der Waals surface area contributed by atoms with Crippen molar-refractivity contribution in [2.24, 2.45) is 0 Å². The molecule has 3 heterocycles. The summed E-state index contributed by atoms with van der Waals surface area (Å²) in [6.45, 7) is 1.83. The summed E-state index contributed by atoms with van der Waals surface area (Å²) in [5.74, 6) is 0.154. The molecule has 0 aliphatic carbocycles. The Morgan fingerprint density at radius 1 is 1.17 bits per heavy atom. The summed E-state index contributed by atoms with van der Waals surface area (Å²) in [6, 6.07) is 4.84. The van der Waals surface area contributed by atoms with Gasteiger partial charge in [0.1, 0.15) is 11.4 Å². The predicted molar refractivity (Wildman–Crippen MR) is 104 cm³/mol. The summed E-state index contributed by atoms with van der Waals surface area (Å²) in [7, 11) is 1.95. The third kappa shape index (κ3) is 3.69. The highest BCUT2D eigenvalue weighted by Crippen LogP contribution is 2.39. The van der Waals surface area contributed by atoms with Crippen LogP contribution >= 0.6 is 0 Å². The minimum absolute atomic E-state index is 0.190. The number of hydrogen-bond donors (Lipinski definition) is 2. The van der Waals surface area contributed by atoms with E-state index < -0.39 is 17.5 Å². The highest BCUT2D eigenvalue weighted by Gasteiger charge is 2.31. The Bertz CT molecular complexity index is 1030. The van der Waals surface area contributed by atoms with E-state index in [0.717, 1.165) is 37.4 Å². The number of piperidine rings is 1. The zero-order valence-corrected chi connectivity index (χ0v) is 15.7. The van der Waals surface area contributed by atoms with Crippen LogP contribution in [0.1, 0.15) is 18.4 Å². The lowest BCUT2D eigenvalue weighted by molar-refractivity contribution is -0.137. The van der Waals surface area contributed by atoms with Crippen molar-refractivity contribution in [1.82, 2.24) is 20.5 Å². The average Bonchev–Trinajstić information content (AvgIpc) is 2.72.